The van der Waals surface area contributed by atoms with E-state index in [0.717, 1.165) is 10.3 Å². The van der Waals surface area contributed by atoms with Gasteiger partial charge in [0, 0.05) is 26.2 Å². The molecule has 0 atom stereocenters. The summed E-state index contributed by atoms with van der Waals surface area (Å²) in [6.07, 6.45) is 4.10. The van der Waals surface area contributed by atoms with E-state index >= 15 is 0 Å². The summed E-state index contributed by atoms with van der Waals surface area (Å²) >= 11 is 8.38. The second-order valence-corrected chi connectivity index (χ2v) is 6.43. The van der Waals surface area contributed by atoms with Crippen molar-refractivity contribution in [3.63, 3.8) is 0 Å². The number of halogens is 1. The molecule has 3 heterocycles. The van der Waals surface area contributed by atoms with Crippen molar-refractivity contribution >= 4 is 34.1 Å². The van der Waals surface area contributed by atoms with E-state index in [1.807, 2.05) is 13.2 Å². The molecule has 3 rings (SSSR count). The molecular weight excluding hydrogens is 396 g/mol. The predicted molar refractivity (Wildman–Crippen MR) is 92.2 cm³/mol. The van der Waals surface area contributed by atoms with Gasteiger partial charge in [0.05, 0.1) is 17.2 Å². The number of aromatic amines is 1. The van der Waals surface area contributed by atoms with E-state index in [1.165, 1.54) is 0 Å². The first kappa shape index (κ1) is 16.7. The lowest BCUT2D eigenvalue weighted by Crippen LogP contribution is -2.26. The third kappa shape index (κ3) is 3.82. The van der Waals surface area contributed by atoms with Crippen molar-refractivity contribution in [2.45, 2.75) is 13.0 Å². The van der Waals surface area contributed by atoms with Crippen LogP contribution in [-0.4, -0.2) is 37.0 Å². The highest BCUT2D eigenvalue weighted by Crippen LogP contribution is 2.12. The van der Waals surface area contributed by atoms with E-state index < -0.39 is 0 Å². The summed E-state index contributed by atoms with van der Waals surface area (Å²) in [6, 6.07) is 3.42. The molecule has 10 heteroatoms. The van der Waals surface area contributed by atoms with Crippen LogP contribution in [0, 0.1) is 4.77 Å². The fourth-order valence-corrected chi connectivity index (χ4v) is 2.63. The Morgan fingerprint density at radius 3 is 3.00 bits per heavy atom. The molecule has 0 aliphatic heterocycles. The van der Waals surface area contributed by atoms with Crippen LogP contribution in [-0.2, 0) is 20.0 Å². The first-order valence-electron chi connectivity index (χ1n) is 7.18. The summed E-state index contributed by atoms with van der Waals surface area (Å²) in [7, 11) is 1.83. The largest absolute Gasteiger partial charge is 0.454 e. The zero-order chi connectivity index (χ0) is 17.1. The number of aromatic nitrogens is 5. The van der Waals surface area contributed by atoms with Gasteiger partial charge < -0.3 is 14.3 Å². The molecule has 1 amide bonds. The minimum atomic E-state index is -0.264. The van der Waals surface area contributed by atoms with Gasteiger partial charge in [0.1, 0.15) is 11.6 Å². The third-order valence-electron chi connectivity index (χ3n) is 3.41. The molecule has 3 aromatic rings. The molecule has 0 saturated carbocycles. The number of carbonyl (C=O) groups is 1. The molecule has 2 N–H and O–H groups in total. The maximum absolute atomic E-state index is 12.1. The van der Waals surface area contributed by atoms with Crippen LogP contribution < -0.4 is 5.32 Å². The average molecular weight is 411 g/mol. The SMILES string of the molecule is Cn1c(CCNC(=O)c2ccc(Cn3cc(Br)cn3)o2)n[nH]c1=S. The van der Waals surface area contributed by atoms with E-state index in [9.17, 15) is 4.79 Å². The fourth-order valence-electron chi connectivity index (χ4n) is 2.15. The predicted octanol–water partition coefficient (Wildman–Crippen LogP) is 2.05. The molecule has 0 unspecified atom stereocenters. The lowest BCUT2D eigenvalue weighted by molar-refractivity contribution is 0.0924. The molecule has 126 valence electrons. The van der Waals surface area contributed by atoms with Gasteiger partial charge in [0.2, 0.25) is 0 Å². The Balaban J connectivity index is 1.54. The Hall–Kier alpha value is -2.20. The minimum Gasteiger partial charge on any atom is -0.454 e. The van der Waals surface area contributed by atoms with Crippen LogP contribution in [0.1, 0.15) is 22.1 Å². The highest BCUT2D eigenvalue weighted by atomic mass is 79.9. The Kier molecular flexibility index (Phi) is 4.95. The molecule has 0 saturated heterocycles. The van der Waals surface area contributed by atoms with Crippen LogP contribution in [0.15, 0.2) is 33.4 Å². The Morgan fingerprint density at radius 2 is 2.33 bits per heavy atom. The lowest BCUT2D eigenvalue weighted by Gasteiger charge is -2.03. The first-order valence-corrected chi connectivity index (χ1v) is 8.38. The van der Waals surface area contributed by atoms with E-state index in [4.69, 9.17) is 16.6 Å². The Morgan fingerprint density at radius 1 is 1.50 bits per heavy atom. The van der Waals surface area contributed by atoms with Gasteiger partial charge in [0.25, 0.3) is 5.91 Å². The standard InChI is InChI=1S/C14H15BrN6O2S/c1-20-12(18-19-14(20)24)4-5-16-13(22)11-3-2-10(23-11)8-21-7-9(15)6-17-21/h2-3,6-7H,4-5,8H2,1H3,(H,16,22)(H,19,24). The third-order valence-corrected chi connectivity index (χ3v) is 4.19. The number of H-pyrrole nitrogens is 1. The van der Waals surface area contributed by atoms with Crippen molar-refractivity contribution in [3.8, 4) is 0 Å². The van der Waals surface area contributed by atoms with E-state index in [-0.39, 0.29) is 11.7 Å². The zero-order valence-corrected chi connectivity index (χ0v) is 15.2. The van der Waals surface area contributed by atoms with E-state index in [2.05, 4.69) is 36.5 Å². The number of hydrogen-bond acceptors (Lipinski definition) is 5. The summed E-state index contributed by atoms with van der Waals surface area (Å²) in [6.45, 7) is 0.901. The lowest BCUT2D eigenvalue weighted by atomic mass is 10.3. The maximum Gasteiger partial charge on any atom is 0.287 e. The first-order chi connectivity index (χ1) is 11.5. The normalized spacial score (nSPS) is 10.9. The number of rotatable bonds is 6. The number of amides is 1. The highest BCUT2D eigenvalue weighted by molar-refractivity contribution is 9.10. The molecule has 0 aliphatic rings. The number of nitrogens with zero attached hydrogens (tertiary/aromatic N) is 4. The van der Waals surface area contributed by atoms with Crippen molar-refractivity contribution in [1.82, 2.24) is 29.9 Å². The molecule has 0 aliphatic carbocycles. The summed E-state index contributed by atoms with van der Waals surface area (Å²) in [4.78, 5) is 12.1. The zero-order valence-electron chi connectivity index (χ0n) is 12.8. The molecule has 0 radical (unpaired) electrons. The van der Waals surface area contributed by atoms with Crippen molar-refractivity contribution in [3.05, 3.63) is 51.1 Å². The molecule has 8 nitrogen and oxygen atoms in total. The molecule has 24 heavy (non-hydrogen) atoms. The van der Waals surface area contributed by atoms with Crippen LogP contribution in [0.3, 0.4) is 0 Å². The van der Waals surface area contributed by atoms with Gasteiger partial charge in [-0.05, 0) is 40.3 Å². The summed E-state index contributed by atoms with van der Waals surface area (Å²) in [5.74, 6) is 1.45. The molecule has 3 aromatic heterocycles. The van der Waals surface area contributed by atoms with Crippen molar-refractivity contribution < 1.29 is 9.21 Å². The van der Waals surface area contributed by atoms with Gasteiger partial charge >= 0.3 is 0 Å². The number of hydrogen-bond donors (Lipinski definition) is 2. The Labute approximate surface area is 151 Å². The van der Waals surface area contributed by atoms with E-state index in [1.54, 1.807) is 27.6 Å². The van der Waals surface area contributed by atoms with Gasteiger partial charge in [0.15, 0.2) is 10.5 Å². The second kappa shape index (κ2) is 7.14. The van der Waals surface area contributed by atoms with Crippen LogP contribution in [0.5, 0.6) is 0 Å². The number of nitrogens with one attached hydrogen (secondary N) is 2. The van der Waals surface area contributed by atoms with Crippen molar-refractivity contribution in [1.29, 1.82) is 0 Å². The fraction of sp³-hybridized carbons (Fsp3) is 0.286. The van der Waals surface area contributed by atoms with Gasteiger partial charge in [-0.2, -0.15) is 10.2 Å². The van der Waals surface area contributed by atoms with Crippen LogP contribution in [0.2, 0.25) is 0 Å². The molecule has 0 aromatic carbocycles. The smallest absolute Gasteiger partial charge is 0.287 e. The molecular formula is C14H15BrN6O2S. The van der Waals surface area contributed by atoms with Gasteiger partial charge in [-0.15, -0.1) is 0 Å². The van der Waals surface area contributed by atoms with Gasteiger partial charge in [-0.25, -0.2) is 0 Å². The maximum atomic E-state index is 12.1. The molecule has 0 spiro atoms. The summed E-state index contributed by atoms with van der Waals surface area (Å²) in [5, 5.41) is 13.8. The number of furan rings is 1. The Bertz CT molecular complexity index is 908. The van der Waals surface area contributed by atoms with Crippen LogP contribution >= 0.6 is 28.1 Å². The summed E-state index contributed by atoms with van der Waals surface area (Å²) < 4.78 is 10.5. The van der Waals surface area contributed by atoms with Crippen molar-refractivity contribution in [2.75, 3.05) is 6.54 Å². The van der Waals surface area contributed by atoms with Crippen LogP contribution in [0.25, 0.3) is 0 Å². The van der Waals surface area contributed by atoms with Crippen LogP contribution in [0.4, 0.5) is 0 Å². The second-order valence-electron chi connectivity index (χ2n) is 5.13. The van der Waals surface area contributed by atoms with Crippen molar-refractivity contribution in [2.24, 2.45) is 7.05 Å². The molecule has 0 fully saturated rings. The quantitative estimate of drug-likeness (QED) is 0.606. The van der Waals surface area contributed by atoms with Gasteiger partial charge in [-0.1, -0.05) is 0 Å². The van der Waals surface area contributed by atoms with E-state index in [0.29, 0.717) is 30.0 Å². The minimum absolute atomic E-state index is 0.264. The van der Waals surface area contributed by atoms with Gasteiger partial charge in [-0.3, -0.25) is 14.6 Å². The topological polar surface area (TPSA) is 93.7 Å². The highest BCUT2D eigenvalue weighted by Gasteiger charge is 2.12. The monoisotopic (exact) mass is 410 g/mol. The number of carbonyl (C=O) groups excluding carboxylic acids is 1. The summed E-state index contributed by atoms with van der Waals surface area (Å²) in [5.41, 5.74) is 0. The molecule has 0 bridgehead atoms. The average Bonchev–Trinajstić information content (AvgIpc) is 3.25.